The first kappa shape index (κ1) is 20.1. The Bertz CT molecular complexity index is 1060. The van der Waals surface area contributed by atoms with Crippen molar-refractivity contribution in [1.29, 1.82) is 0 Å². The minimum atomic E-state index is -0.340. The number of amides is 2. The summed E-state index contributed by atoms with van der Waals surface area (Å²) in [7, 11) is 0. The number of nitrogens with zero attached hydrogens (tertiary/aromatic N) is 3. The molecule has 2 atom stereocenters. The summed E-state index contributed by atoms with van der Waals surface area (Å²) >= 11 is 1.61. The lowest BCUT2D eigenvalue weighted by Crippen LogP contribution is -2.48. The molecule has 154 valence electrons. The van der Waals surface area contributed by atoms with E-state index in [1.54, 1.807) is 22.3 Å². The Morgan fingerprint density at radius 3 is 2.67 bits per heavy atom. The van der Waals surface area contributed by atoms with Crippen LogP contribution < -0.4 is 5.73 Å². The number of thiophene rings is 1. The summed E-state index contributed by atoms with van der Waals surface area (Å²) in [4.78, 5) is 27.2. The molecule has 2 aromatic heterocycles. The fourth-order valence-electron chi connectivity index (χ4n) is 3.73. The van der Waals surface area contributed by atoms with Gasteiger partial charge in [0.2, 0.25) is 11.8 Å². The molecule has 0 aliphatic carbocycles. The molecule has 0 spiro atoms. The second kappa shape index (κ2) is 8.67. The van der Waals surface area contributed by atoms with Crippen LogP contribution >= 0.6 is 11.3 Å². The number of hydrogen-bond acceptors (Lipinski definition) is 4. The zero-order valence-corrected chi connectivity index (χ0v) is 17.6. The van der Waals surface area contributed by atoms with Gasteiger partial charge in [-0.2, -0.15) is 5.10 Å². The predicted octanol–water partition coefficient (Wildman–Crippen LogP) is 3.73. The zero-order chi connectivity index (χ0) is 21.1. The molecule has 1 aliphatic heterocycles. The molecule has 0 bridgehead atoms. The van der Waals surface area contributed by atoms with Gasteiger partial charge in [0.25, 0.3) is 0 Å². The number of aromatic nitrogens is 2. The predicted molar refractivity (Wildman–Crippen MR) is 119 cm³/mol. The Hall–Kier alpha value is -3.19. The molecule has 4 rings (SSSR count). The van der Waals surface area contributed by atoms with Crippen LogP contribution in [0.3, 0.4) is 0 Å². The number of carbonyl (C=O) groups excluding carboxylic acids is 2. The normalized spacial score (nSPS) is 19.3. The molecule has 30 heavy (non-hydrogen) atoms. The van der Waals surface area contributed by atoms with Gasteiger partial charge in [-0.3, -0.25) is 9.59 Å². The van der Waals surface area contributed by atoms with E-state index < -0.39 is 0 Å². The largest absolute Gasteiger partial charge is 0.369 e. The lowest BCUT2D eigenvalue weighted by Gasteiger charge is -2.36. The molecular weight excluding hydrogens is 396 g/mol. The van der Waals surface area contributed by atoms with Gasteiger partial charge in [-0.25, -0.2) is 4.68 Å². The van der Waals surface area contributed by atoms with Crippen molar-refractivity contribution in [3.05, 3.63) is 65.7 Å². The Morgan fingerprint density at radius 1 is 1.17 bits per heavy atom. The van der Waals surface area contributed by atoms with Gasteiger partial charge < -0.3 is 10.6 Å². The Balaban J connectivity index is 1.61. The summed E-state index contributed by atoms with van der Waals surface area (Å²) in [5.74, 6) is -0.730. The molecule has 3 heterocycles. The van der Waals surface area contributed by atoms with Crippen molar-refractivity contribution in [2.24, 2.45) is 11.7 Å². The van der Waals surface area contributed by atoms with Gasteiger partial charge in [-0.05, 0) is 49.4 Å². The van der Waals surface area contributed by atoms with Gasteiger partial charge in [0.1, 0.15) is 5.69 Å². The van der Waals surface area contributed by atoms with Gasteiger partial charge >= 0.3 is 0 Å². The SMILES string of the molecule is C[C@@H]1CC[C@H](C(N)=O)CN1C(=O)/C=C/c1cn(-c2ccccc2)nc1-c1cccs1. The number of piperidine rings is 1. The molecule has 0 saturated carbocycles. The fraction of sp³-hybridized carbons (Fsp3) is 0.261. The maximum absolute atomic E-state index is 12.9. The molecule has 7 heteroatoms. The first-order valence-electron chi connectivity index (χ1n) is 10.00. The highest BCUT2D eigenvalue weighted by atomic mass is 32.1. The number of hydrogen-bond donors (Lipinski definition) is 1. The summed E-state index contributed by atoms with van der Waals surface area (Å²) in [5.41, 5.74) is 8.12. The van der Waals surface area contributed by atoms with E-state index in [9.17, 15) is 9.59 Å². The van der Waals surface area contributed by atoms with Crippen LogP contribution in [0.25, 0.3) is 22.3 Å². The van der Waals surface area contributed by atoms with E-state index >= 15 is 0 Å². The highest BCUT2D eigenvalue weighted by Gasteiger charge is 2.30. The van der Waals surface area contributed by atoms with Gasteiger partial charge in [0.15, 0.2) is 0 Å². The van der Waals surface area contributed by atoms with Crippen molar-refractivity contribution in [3.8, 4) is 16.3 Å². The van der Waals surface area contributed by atoms with Gasteiger partial charge in [-0.1, -0.05) is 24.3 Å². The topological polar surface area (TPSA) is 81.2 Å². The van der Waals surface area contributed by atoms with Crippen molar-refractivity contribution in [2.45, 2.75) is 25.8 Å². The Morgan fingerprint density at radius 2 is 1.97 bits per heavy atom. The van der Waals surface area contributed by atoms with E-state index in [1.807, 2.05) is 71.7 Å². The average Bonchev–Trinajstić information content (AvgIpc) is 3.42. The number of para-hydroxylation sites is 1. The number of rotatable bonds is 5. The molecule has 2 N–H and O–H groups in total. The standard InChI is InChI=1S/C23H24N4O2S/c1-16-9-10-18(23(24)29)14-26(16)21(28)12-11-17-15-27(19-6-3-2-4-7-19)25-22(17)20-8-5-13-30-20/h2-8,11-13,15-16,18H,9-10,14H2,1H3,(H2,24,29)/b12-11+/t16-,18+/m1/s1. The monoisotopic (exact) mass is 420 g/mol. The van der Waals surface area contributed by atoms with Crippen LogP contribution in [0.1, 0.15) is 25.3 Å². The third-order valence-corrected chi connectivity index (χ3v) is 6.37. The van der Waals surface area contributed by atoms with E-state index in [0.29, 0.717) is 6.54 Å². The second-order valence-corrected chi connectivity index (χ2v) is 8.49. The minimum absolute atomic E-state index is 0.0848. The summed E-state index contributed by atoms with van der Waals surface area (Å²) in [6.07, 6.45) is 6.82. The first-order valence-corrected chi connectivity index (χ1v) is 10.9. The zero-order valence-electron chi connectivity index (χ0n) is 16.8. The number of benzene rings is 1. The van der Waals surface area contributed by atoms with E-state index in [4.69, 9.17) is 10.8 Å². The smallest absolute Gasteiger partial charge is 0.246 e. The number of likely N-dealkylation sites (tertiary alicyclic amines) is 1. The molecule has 1 fully saturated rings. The molecule has 1 aromatic carbocycles. The van der Waals surface area contributed by atoms with Crippen LogP contribution in [-0.4, -0.2) is 39.1 Å². The van der Waals surface area contributed by atoms with Crippen LogP contribution in [0.15, 0.2) is 60.1 Å². The third kappa shape index (κ3) is 4.21. The lowest BCUT2D eigenvalue weighted by molar-refractivity contribution is -0.133. The highest BCUT2D eigenvalue weighted by molar-refractivity contribution is 7.13. The van der Waals surface area contributed by atoms with Gasteiger partial charge in [0, 0.05) is 30.4 Å². The lowest BCUT2D eigenvalue weighted by atomic mass is 9.93. The summed E-state index contributed by atoms with van der Waals surface area (Å²) in [5, 5.41) is 6.76. The fourth-order valence-corrected chi connectivity index (χ4v) is 4.46. The molecular formula is C23H24N4O2S. The van der Waals surface area contributed by atoms with E-state index in [0.717, 1.165) is 34.7 Å². The summed E-state index contributed by atoms with van der Waals surface area (Å²) in [6, 6.07) is 14.0. The summed E-state index contributed by atoms with van der Waals surface area (Å²) in [6.45, 7) is 2.38. The van der Waals surface area contributed by atoms with Crippen LogP contribution in [-0.2, 0) is 9.59 Å². The Labute approximate surface area is 179 Å². The quantitative estimate of drug-likeness (QED) is 0.639. The van der Waals surface area contributed by atoms with Crippen LogP contribution in [0.5, 0.6) is 0 Å². The molecule has 2 amide bonds. The van der Waals surface area contributed by atoms with E-state index in [1.165, 1.54) is 0 Å². The number of nitrogens with two attached hydrogens (primary N) is 1. The van der Waals surface area contributed by atoms with Gasteiger partial charge in [0.05, 0.1) is 16.5 Å². The number of carbonyl (C=O) groups is 2. The van der Waals surface area contributed by atoms with E-state index in [-0.39, 0.29) is 23.8 Å². The van der Waals surface area contributed by atoms with Crippen LogP contribution in [0, 0.1) is 5.92 Å². The maximum atomic E-state index is 12.9. The molecule has 0 radical (unpaired) electrons. The van der Waals surface area contributed by atoms with Crippen molar-refractivity contribution in [1.82, 2.24) is 14.7 Å². The molecule has 6 nitrogen and oxygen atoms in total. The third-order valence-electron chi connectivity index (χ3n) is 5.49. The minimum Gasteiger partial charge on any atom is -0.369 e. The van der Waals surface area contributed by atoms with Crippen LogP contribution in [0.4, 0.5) is 0 Å². The summed E-state index contributed by atoms with van der Waals surface area (Å²) < 4.78 is 1.83. The van der Waals surface area contributed by atoms with Crippen LogP contribution in [0.2, 0.25) is 0 Å². The first-order chi connectivity index (χ1) is 14.5. The molecule has 1 saturated heterocycles. The molecule has 3 aromatic rings. The average molecular weight is 421 g/mol. The van der Waals surface area contributed by atoms with Crippen molar-refractivity contribution in [2.75, 3.05) is 6.54 Å². The second-order valence-electron chi connectivity index (χ2n) is 7.54. The maximum Gasteiger partial charge on any atom is 0.246 e. The van der Waals surface area contributed by atoms with E-state index in [2.05, 4.69) is 0 Å². The van der Waals surface area contributed by atoms with Gasteiger partial charge in [-0.15, -0.1) is 11.3 Å². The number of primary amides is 1. The highest BCUT2D eigenvalue weighted by Crippen LogP contribution is 2.29. The molecule has 1 aliphatic rings. The Kier molecular flexibility index (Phi) is 5.81. The van der Waals surface area contributed by atoms with Crippen molar-refractivity contribution in [3.63, 3.8) is 0 Å². The molecule has 0 unspecified atom stereocenters. The van der Waals surface area contributed by atoms with Crippen molar-refractivity contribution >= 4 is 29.2 Å². The van der Waals surface area contributed by atoms with Crippen molar-refractivity contribution < 1.29 is 9.59 Å².